The van der Waals surface area contributed by atoms with Crippen LogP contribution in [0.1, 0.15) is 48.9 Å². The summed E-state index contributed by atoms with van der Waals surface area (Å²) in [6, 6.07) is 22.2. The molecule has 0 aliphatic rings. The number of anilines is 1. The molecule has 0 bridgehead atoms. The molecule has 2 heterocycles. The number of rotatable bonds is 12. The summed E-state index contributed by atoms with van der Waals surface area (Å²) in [6.45, 7) is 3.85. The number of benzene rings is 3. The fourth-order valence-corrected chi connectivity index (χ4v) is 5.42. The molecule has 5 rings (SSSR count). The van der Waals surface area contributed by atoms with Crippen molar-refractivity contribution in [3.05, 3.63) is 115 Å². The van der Waals surface area contributed by atoms with Gasteiger partial charge in [0, 0.05) is 40.5 Å². The molecule has 46 heavy (non-hydrogen) atoms. The third kappa shape index (κ3) is 7.31. The smallest absolute Gasteiger partial charge is 0.305 e. The van der Waals surface area contributed by atoms with Crippen LogP contribution in [-0.4, -0.2) is 49.0 Å². The highest BCUT2D eigenvalue weighted by molar-refractivity contribution is 6.12. The highest BCUT2D eigenvalue weighted by Gasteiger charge is 2.29. The molecule has 0 unspecified atom stereocenters. The Hall–Kier alpha value is -5.32. The van der Waals surface area contributed by atoms with Gasteiger partial charge in [-0.05, 0) is 67.4 Å². The Morgan fingerprint density at radius 2 is 1.59 bits per heavy atom. The van der Waals surface area contributed by atoms with Gasteiger partial charge in [0.05, 0.1) is 24.8 Å². The number of amides is 1. The van der Waals surface area contributed by atoms with Crippen LogP contribution in [0.2, 0.25) is 0 Å². The van der Waals surface area contributed by atoms with Crippen molar-refractivity contribution in [1.29, 1.82) is 0 Å². The van der Waals surface area contributed by atoms with E-state index in [1.165, 1.54) is 24.5 Å². The normalized spacial score (nSPS) is 12.8. The number of carbonyl (C=O) groups is 2. The number of aliphatic hydroxyl groups excluding tert-OH is 2. The topological polar surface area (TPSA) is 138 Å². The monoisotopic (exact) mass is 623 g/mol. The van der Waals surface area contributed by atoms with Gasteiger partial charge in [-0.2, -0.15) is 0 Å². The number of nitrogens with one attached hydrogen (secondary N) is 1. The molecule has 0 spiro atoms. The molecule has 2 atom stereocenters. The van der Waals surface area contributed by atoms with E-state index in [2.05, 4.69) is 10.3 Å². The van der Waals surface area contributed by atoms with Crippen LogP contribution in [0.3, 0.4) is 0 Å². The number of halogens is 1. The summed E-state index contributed by atoms with van der Waals surface area (Å²) >= 11 is 0. The number of aromatic nitrogens is 2. The first-order valence-electron chi connectivity index (χ1n) is 14.8. The number of hydrogen-bond donors (Lipinski definition) is 4. The van der Waals surface area contributed by atoms with Crippen molar-refractivity contribution in [1.82, 2.24) is 9.55 Å². The molecule has 4 N–H and O–H groups in total. The van der Waals surface area contributed by atoms with Crippen molar-refractivity contribution in [3.8, 4) is 33.7 Å². The summed E-state index contributed by atoms with van der Waals surface area (Å²) in [5.74, 6) is -1.53. The van der Waals surface area contributed by atoms with Gasteiger partial charge in [0.2, 0.25) is 5.89 Å². The molecule has 0 saturated heterocycles. The largest absolute Gasteiger partial charge is 0.481 e. The summed E-state index contributed by atoms with van der Waals surface area (Å²) in [6.07, 6.45) is 3.04. The van der Waals surface area contributed by atoms with Crippen LogP contribution in [0.5, 0.6) is 0 Å². The Bertz CT molecular complexity index is 1810. The average Bonchev–Trinajstić information content (AvgIpc) is 3.68. The van der Waals surface area contributed by atoms with E-state index < -0.39 is 36.3 Å². The Morgan fingerprint density at radius 3 is 2.20 bits per heavy atom. The Balaban J connectivity index is 1.66. The van der Waals surface area contributed by atoms with E-state index in [4.69, 9.17) is 9.52 Å². The molecule has 10 heteroatoms. The number of hydrogen-bond acceptors (Lipinski definition) is 6. The van der Waals surface area contributed by atoms with Crippen LogP contribution in [0, 0.1) is 5.82 Å². The number of aliphatic carboxylic acids is 1. The standard InChI is InChI=1S/C36H34FN3O6/c1-22(2)40-30(17-16-28(41)20-29(42)21-31(43)44)32(24-8-12-26(37)13-9-24)33(23-6-4-3-5-7-23)34(40)35(45)39-27-14-10-25(11-15-27)36-38-18-19-46-36/h3-19,22,28-29,41-42H,20-21H2,1-2H3,(H,39,45)(H,43,44)/b17-16+/t28-,29-/m1/s1. The lowest BCUT2D eigenvalue weighted by atomic mass is 9.94. The number of carbonyl (C=O) groups excluding carboxylic acids is 1. The maximum Gasteiger partial charge on any atom is 0.305 e. The zero-order valence-corrected chi connectivity index (χ0v) is 25.3. The molecule has 9 nitrogen and oxygen atoms in total. The Morgan fingerprint density at radius 1 is 0.935 bits per heavy atom. The molecule has 2 aromatic heterocycles. The van der Waals surface area contributed by atoms with Crippen LogP contribution in [0.15, 0.2) is 102 Å². The minimum absolute atomic E-state index is 0.195. The van der Waals surface area contributed by atoms with Gasteiger partial charge in [0.15, 0.2) is 0 Å². The van der Waals surface area contributed by atoms with Crippen LogP contribution in [0.4, 0.5) is 10.1 Å². The van der Waals surface area contributed by atoms with Gasteiger partial charge in [-0.15, -0.1) is 0 Å². The predicted molar refractivity (Wildman–Crippen MR) is 173 cm³/mol. The number of nitrogens with zero attached hydrogens (tertiary/aromatic N) is 2. The fraction of sp³-hybridized carbons (Fsp3) is 0.194. The predicted octanol–water partition coefficient (Wildman–Crippen LogP) is 7.05. The molecule has 3 aromatic carbocycles. The summed E-state index contributed by atoms with van der Waals surface area (Å²) in [5, 5.41) is 32.8. The van der Waals surface area contributed by atoms with Crippen LogP contribution in [0.25, 0.3) is 39.8 Å². The zero-order valence-electron chi connectivity index (χ0n) is 25.3. The minimum Gasteiger partial charge on any atom is -0.481 e. The highest BCUT2D eigenvalue weighted by atomic mass is 19.1. The molecule has 5 aromatic rings. The molecule has 0 fully saturated rings. The second-order valence-electron chi connectivity index (χ2n) is 11.1. The van der Waals surface area contributed by atoms with Crippen molar-refractivity contribution in [3.63, 3.8) is 0 Å². The molecule has 0 radical (unpaired) electrons. The maximum atomic E-state index is 14.3. The first kappa shape index (κ1) is 32.1. The molecule has 1 amide bonds. The van der Waals surface area contributed by atoms with Crippen LogP contribution in [-0.2, 0) is 4.79 Å². The summed E-state index contributed by atoms with van der Waals surface area (Å²) in [5.41, 5.74) is 4.83. The number of carboxylic acid groups (broad SMARTS) is 1. The lowest BCUT2D eigenvalue weighted by Gasteiger charge is -2.17. The van der Waals surface area contributed by atoms with E-state index in [0.717, 1.165) is 11.1 Å². The first-order chi connectivity index (χ1) is 22.1. The Kier molecular flexibility index (Phi) is 9.90. The molecular formula is C36H34FN3O6. The number of aliphatic hydroxyl groups is 2. The van der Waals surface area contributed by atoms with Gasteiger partial charge >= 0.3 is 5.97 Å². The van der Waals surface area contributed by atoms with Crippen molar-refractivity contribution in [2.75, 3.05) is 5.32 Å². The second-order valence-corrected chi connectivity index (χ2v) is 11.1. The van der Waals surface area contributed by atoms with Crippen LogP contribution < -0.4 is 5.32 Å². The van der Waals surface area contributed by atoms with E-state index in [0.29, 0.717) is 39.7 Å². The minimum atomic E-state index is -1.25. The third-order valence-corrected chi connectivity index (χ3v) is 7.39. The van der Waals surface area contributed by atoms with E-state index in [9.17, 15) is 24.2 Å². The van der Waals surface area contributed by atoms with E-state index in [1.54, 1.807) is 48.7 Å². The lowest BCUT2D eigenvalue weighted by molar-refractivity contribution is -0.139. The van der Waals surface area contributed by atoms with E-state index in [1.807, 2.05) is 48.7 Å². The van der Waals surface area contributed by atoms with Gasteiger partial charge in [-0.1, -0.05) is 48.5 Å². The SMILES string of the molecule is CC(C)n1c(/C=C/[C@@H](O)C[C@@H](O)CC(=O)O)c(-c2ccc(F)cc2)c(-c2ccccc2)c1C(=O)Nc1ccc(-c2ncco2)cc1. The number of oxazole rings is 1. The van der Waals surface area contributed by atoms with Gasteiger partial charge in [0.25, 0.3) is 5.91 Å². The third-order valence-electron chi connectivity index (χ3n) is 7.39. The second kappa shape index (κ2) is 14.2. The van der Waals surface area contributed by atoms with E-state index >= 15 is 0 Å². The highest BCUT2D eigenvalue weighted by Crippen LogP contribution is 2.43. The van der Waals surface area contributed by atoms with Crippen molar-refractivity contribution in [2.45, 2.75) is 44.9 Å². The molecular weight excluding hydrogens is 589 g/mol. The number of carboxylic acids is 1. The summed E-state index contributed by atoms with van der Waals surface area (Å²) < 4.78 is 21.3. The zero-order chi connectivity index (χ0) is 32.8. The fourth-order valence-electron chi connectivity index (χ4n) is 5.42. The van der Waals surface area contributed by atoms with Crippen molar-refractivity contribution in [2.24, 2.45) is 0 Å². The lowest BCUT2D eigenvalue weighted by Crippen LogP contribution is -2.20. The molecule has 236 valence electrons. The molecule has 0 aliphatic carbocycles. The van der Waals surface area contributed by atoms with Crippen molar-refractivity contribution < 1.29 is 33.7 Å². The quantitative estimate of drug-likeness (QED) is 0.117. The average molecular weight is 624 g/mol. The molecule has 0 aliphatic heterocycles. The van der Waals surface area contributed by atoms with Gasteiger partial charge < -0.3 is 29.6 Å². The van der Waals surface area contributed by atoms with Crippen LogP contribution >= 0.6 is 0 Å². The van der Waals surface area contributed by atoms with Gasteiger partial charge in [-0.3, -0.25) is 9.59 Å². The Labute approximate surface area is 265 Å². The first-order valence-corrected chi connectivity index (χ1v) is 14.8. The van der Waals surface area contributed by atoms with E-state index in [-0.39, 0.29) is 12.5 Å². The van der Waals surface area contributed by atoms with Crippen molar-refractivity contribution >= 4 is 23.6 Å². The summed E-state index contributed by atoms with van der Waals surface area (Å²) in [7, 11) is 0. The van der Waals surface area contributed by atoms with Gasteiger partial charge in [0.1, 0.15) is 17.8 Å². The molecule has 0 saturated carbocycles. The summed E-state index contributed by atoms with van der Waals surface area (Å²) in [4.78, 5) is 29.5. The maximum absolute atomic E-state index is 14.3. The van der Waals surface area contributed by atoms with Gasteiger partial charge in [-0.25, -0.2) is 9.37 Å².